The molecule has 2 fully saturated rings. The fraction of sp³-hybridized carbons (Fsp3) is 0.533. The van der Waals surface area contributed by atoms with Crippen LogP contribution in [0, 0.1) is 6.92 Å². The summed E-state index contributed by atoms with van der Waals surface area (Å²) in [5.41, 5.74) is 2.56. The first-order valence-corrected chi connectivity index (χ1v) is 7.50. The van der Waals surface area contributed by atoms with Crippen LogP contribution in [0.5, 0.6) is 0 Å². The summed E-state index contributed by atoms with van der Waals surface area (Å²) in [6, 6.07) is 7.33. The van der Waals surface area contributed by atoms with Crippen LogP contribution in [-0.2, 0) is 4.79 Å². The van der Waals surface area contributed by atoms with Crippen molar-refractivity contribution in [3.8, 4) is 0 Å². The van der Waals surface area contributed by atoms with E-state index in [1.807, 2.05) is 0 Å². The predicted octanol–water partition coefficient (Wildman–Crippen LogP) is 3.85. The molecule has 0 spiro atoms. The van der Waals surface area contributed by atoms with Crippen molar-refractivity contribution in [2.75, 3.05) is 4.90 Å². The first kappa shape index (κ1) is 12.2. The summed E-state index contributed by atoms with van der Waals surface area (Å²) in [6.07, 6.45) is 5.04. The van der Waals surface area contributed by atoms with E-state index in [4.69, 9.17) is 0 Å². The third-order valence-electron chi connectivity index (χ3n) is 4.17. The molecule has 0 amide bonds. The van der Waals surface area contributed by atoms with Crippen LogP contribution in [0.1, 0.15) is 37.7 Å². The van der Waals surface area contributed by atoms with Gasteiger partial charge in [0.2, 0.25) is 0 Å². The third kappa shape index (κ3) is 2.09. The van der Waals surface area contributed by atoms with Gasteiger partial charge in [-0.3, -0.25) is 4.79 Å². The molecule has 0 N–H and O–H groups in total. The molecule has 2 unspecified atom stereocenters. The maximum atomic E-state index is 11.8. The number of fused-ring (bicyclic) bond motifs is 2. The van der Waals surface area contributed by atoms with Gasteiger partial charge in [-0.15, -0.1) is 0 Å². The van der Waals surface area contributed by atoms with Crippen LogP contribution >= 0.6 is 15.9 Å². The predicted molar refractivity (Wildman–Crippen MR) is 77.0 cm³/mol. The van der Waals surface area contributed by atoms with Gasteiger partial charge in [-0.1, -0.05) is 6.07 Å². The third-order valence-corrected chi connectivity index (χ3v) is 4.84. The molecule has 18 heavy (non-hydrogen) atoms. The Kier molecular flexibility index (Phi) is 3.18. The van der Waals surface area contributed by atoms with Gasteiger partial charge in [-0.25, -0.2) is 0 Å². The number of anilines is 1. The molecule has 2 saturated heterocycles. The molecule has 3 heteroatoms. The number of benzene rings is 1. The number of rotatable bonds is 1. The van der Waals surface area contributed by atoms with E-state index >= 15 is 0 Å². The molecule has 2 bridgehead atoms. The van der Waals surface area contributed by atoms with Gasteiger partial charge in [0.15, 0.2) is 0 Å². The lowest BCUT2D eigenvalue weighted by Crippen LogP contribution is -2.52. The number of ketones is 1. The molecule has 2 atom stereocenters. The zero-order valence-electron chi connectivity index (χ0n) is 10.7. The zero-order valence-corrected chi connectivity index (χ0v) is 12.2. The second kappa shape index (κ2) is 4.69. The second-order valence-electron chi connectivity index (χ2n) is 5.55. The van der Waals surface area contributed by atoms with Crippen molar-refractivity contribution in [2.24, 2.45) is 0 Å². The lowest BCUT2D eigenvalue weighted by Gasteiger charge is -2.47. The molecule has 1 aromatic rings. The highest BCUT2D eigenvalue weighted by atomic mass is 79.9. The fourth-order valence-electron chi connectivity index (χ4n) is 3.39. The number of carbonyl (C=O) groups excluding carboxylic acids is 1. The van der Waals surface area contributed by atoms with E-state index in [2.05, 4.69) is 46.0 Å². The maximum absolute atomic E-state index is 11.8. The molecule has 2 nitrogen and oxygen atoms in total. The monoisotopic (exact) mass is 307 g/mol. The van der Waals surface area contributed by atoms with Crippen molar-refractivity contribution >= 4 is 27.4 Å². The Bertz CT molecular complexity index is 469. The van der Waals surface area contributed by atoms with Gasteiger partial charge in [0.05, 0.1) is 5.69 Å². The van der Waals surface area contributed by atoms with Crippen molar-refractivity contribution < 1.29 is 4.79 Å². The van der Waals surface area contributed by atoms with Crippen LogP contribution in [0.3, 0.4) is 0 Å². The SMILES string of the molecule is Cc1ccc(Br)c(N2C3CCCC2CC(=O)C3)c1. The summed E-state index contributed by atoms with van der Waals surface area (Å²) in [5, 5.41) is 0. The summed E-state index contributed by atoms with van der Waals surface area (Å²) in [6.45, 7) is 2.13. The van der Waals surface area contributed by atoms with E-state index in [1.165, 1.54) is 17.7 Å². The number of carbonyl (C=O) groups is 1. The smallest absolute Gasteiger partial charge is 0.137 e. The van der Waals surface area contributed by atoms with E-state index < -0.39 is 0 Å². The van der Waals surface area contributed by atoms with Gasteiger partial charge < -0.3 is 4.90 Å². The highest BCUT2D eigenvalue weighted by Gasteiger charge is 2.38. The Morgan fingerprint density at radius 3 is 2.56 bits per heavy atom. The summed E-state index contributed by atoms with van der Waals surface area (Å²) in [4.78, 5) is 14.3. The van der Waals surface area contributed by atoms with E-state index in [0.29, 0.717) is 17.9 Å². The van der Waals surface area contributed by atoms with Gasteiger partial charge in [0.25, 0.3) is 0 Å². The largest absolute Gasteiger partial charge is 0.364 e. The van der Waals surface area contributed by atoms with Crippen LogP contribution in [0.25, 0.3) is 0 Å². The van der Waals surface area contributed by atoms with Gasteiger partial charge in [-0.2, -0.15) is 0 Å². The number of aryl methyl sites for hydroxylation is 1. The van der Waals surface area contributed by atoms with Crippen LogP contribution in [0.2, 0.25) is 0 Å². The average Bonchev–Trinajstić information content (AvgIpc) is 2.31. The van der Waals surface area contributed by atoms with Gasteiger partial charge in [0, 0.05) is 29.4 Å². The van der Waals surface area contributed by atoms with E-state index in [-0.39, 0.29) is 0 Å². The van der Waals surface area contributed by atoms with Crippen molar-refractivity contribution in [3.05, 3.63) is 28.2 Å². The van der Waals surface area contributed by atoms with Crippen molar-refractivity contribution in [1.29, 1.82) is 0 Å². The number of hydrogen-bond donors (Lipinski definition) is 0. The fourth-order valence-corrected chi connectivity index (χ4v) is 3.84. The number of piperidine rings is 2. The first-order chi connectivity index (χ1) is 8.65. The lowest BCUT2D eigenvalue weighted by molar-refractivity contribution is -0.121. The van der Waals surface area contributed by atoms with Crippen molar-refractivity contribution in [3.63, 3.8) is 0 Å². The van der Waals surface area contributed by atoms with E-state index in [1.54, 1.807) is 0 Å². The Balaban J connectivity index is 2.00. The molecule has 2 heterocycles. The molecule has 2 aliphatic rings. The van der Waals surface area contributed by atoms with Crippen LogP contribution in [-0.4, -0.2) is 17.9 Å². The Labute approximate surface area is 116 Å². The minimum absolute atomic E-state index is 0.420. The molecular formula is C15H18BrNO. The molecule has 3 rings (SSSR count). The van der Waals surface area contributed by atoms with E-state index in [9.17, 15) is 4.79 Å². The summed E-state index contributed by atoms with van der Waals surface area (Å²) in [7, 11) is 0. The van der Waals surface area contributed by atoms with Crippen LogP contribution < -0.4 is 4.90 Å². The van der Waals surface area contributed by atoms with Crippen molar-refractivity contribution in [2.45, 2.75) is 51.1 Å². The molecule has 0 saturated carbocycles. The van der Waals surface area contributed by atoms with Crippen LogP contribution in [0.15, 0.2) is 22.7 Å². The summed E-state index contributed by atoms with van der Waals surface area (Å²) in [5.74, 6) is 0.449. The highest BCUT2D eigenvalue weighted by Crippen LogP contribution is 2.39. The molecule has 2 aliphatic heterocycles. The number of halogens is 1. The maximum Gasteiger partial charge on any atom is 0.137 e. The number of nitrogens with zero attached hydrogens (tertiary/aromatic N) is 1. The molecule has 0 aromatic heterocycles. The number of Topliss-reactive ketones (excluding diaryl/α,β-unsaturated/α-hetero) is 1. The van der Waals surface area contributed by atoms with Gasteiger partial charge in [0.1, 0.15) is 5.78 Å². The Morgan fingerprint density at radius 1 is 1.22 bits per heavy atom. The quantitative estimate of drug-likeness (QED) is 0.785. The minimum atomic E-state index is 0.420. The molecule has 1 aromatic carbocycles. The molecule has 96 valence electrons. The summed E-state index contributed by atoms with van der Waals surface area (Å²) < 4.78 is 1.15. The summed E-state index contributed by atoms with van der Waals surface area (Å²) >= 11 is 3.66. The Morgan fingerprint density at radius 2 is 1.89 bits per heavy atom. The highest BCUT2D eigenvalue weighted by molar-refractivity contribution is 9.10. The first-order valence-electron chi connectivity index (χ1n) is 6.71. The molecular weight excluding hydrogens is 290 g/mol. The van der Waals surface area contributed by atoms with Crippen LogP contribution in [0.4, 0.5) is 5.69 Å². The van der Waals surface area contributed by atoms with Gasteiger partial charge in [-0.05, 0) is 59.8 Å². The normalized spacial score (nSPS) is 27.4. The minimum Gasteiger partial charge on any atom is -0.364 e. The second-order valence-corrected chi connectivity index (χ2v) is 6.40. The topological polar surface area (TPSA) is 20.3 Å². The lowest BCUT2D eigenvalue weighted by atomic mass is 9.83. The molecule has 0 radical (unpaired) electrons. The zero-order chi connectivity index (χ0) is 12.7. The van der Waals surface area contributed by atoms with Crippen molar-refractivity contribution in [1.82, 2.24) is 0 Å². The standard InChI is InChI=1S/C15H18BrNO/c1-10-5-6-14(16)15(7-10)17-11-3-2-4-12(17)9-13(18)8-11/h5-7,11-12H,2-4,8-9H2,1H3. The Hall–Kier alpha value is -0.830. The number of hydrogen-bond acceptors (Lipinski definition) is 2. The average molecular weight is 308 g/mol. The van der Waals surface area contributed by atoms with Gasteiger partial charge >= 0.3 is 0 Å². The molecule has 0 aliphatic carbocycles. The van der Waals surface area contributed by atoms with E-state index in [0.717, 1.165) is 30.2 Å².